The monoisotopic (exact) mass is 283 g/mol. The fourth-order valence-electron chi connectivity index (χ4n) is 1.46. The van der Waals surface area contributed by atoms with Crippen LogP contribution >= 0.6 is 0 Å². The van der Waals surface area contributed by atoms with Gasteiger partial charge in [-0.1, -0.05) is 0 Å². The van der Waals surface area contributed by atoms with Crippen LogP contribution in [0.1, 0.15) is 27.0 Å². The van der Waals surface area contributed by atoms with Crippen molar-refractivity contribution in [2.24, 2.45) is 0 Å². The topological polar surface area (TPSA) is 61.1 Å². The third-order valence-corrected chi connectivity index (χ3v) is 2.12. The molecule has 0 fully saturated rings. The molecule has 0 bridgehead atoms. The molecule has 0 aliphatic carbocycles. The first kappa shape index (κ1) is 14.8. The summed E-state index contributed by atoms with van der Waals surface area (Å²) in [7, 11) is 0. The smallest absolute Gasteiger partial charge is 0.418 e. The Labute approximate surface area is 101 Å². The largest absolute Gasteiger partial charge is 0.478 e. The number of hydrogen-bond donors (Lipinski definition) is 1. The molecule has 0 aliphatic rings. The molecule has 0 saturated carbocycles. The molecule has 3 nitrogen and oxygen atoms in total. The second-order valence-electron chi connectivity index (χ2n) is 3.32. The second kappa shape index (κ2) is 4.46. The highest BCUT2D eigenvalue weighted by Gasteiger charge is 2.47. The van der Waals surface area contributed by atoms with Gasteiger partial charge in [0, 0.05) is 0 Å². The van der Waals surface area contributed by atoms with Crippen molar-refractivity contribution < 1.29 is 36.2 Å². The Kier molecular flexibility index (Phi) is 3.48. The van der Waals surface area contributed by atoms with Gasteiger partial charge in [0.05, 0.1) is 28.3 Å². The van der Waals surface area contributed by atoms with Crippen molar-refractivity contribution in [2.45, 2.75) is 12.4 Å². The number of carboxylic acid groups (broad SMARTS) is 1. The van der Waals surface area contributed by atoms with Crippen LogP contribution in [0.3, 0.4) is 0 Å². The quantitative estimate of drug-likeness (QED) is 0.804. The van der Waals surface area contributed by atoms with Gasteiger partial charge in [-0.25, -0.2) is 4.79 Å². The minimum atomic E-state index is -5.55. The first-order valence-electron chi connectivity index (χ1n) is 4.45. The highest BCUT2D eigenvalue weighted by Crippen LogP contribution is 2.43. The van der Waals surface area contributed by atoms with Crippen molar-refractivity contribution in [1.82, 2.24) is 0 Å². The lowest BCUT2D eigenvalue weighted by molar-refractivity contribution is -0.162. The van der Waals surface area contributed by atoms with E-state index in [1.54, 1.807) is 0 Å². The van der Waals surface area contributed by atoms with Gasteiger partial charge < -0.3 is 5.11 Å². The molecule has 0 radical (unpaired) electrons. The number of rotatable bonds is 1. The molecule has 0 amide bonds. The summed E-state index contributed by atoms with van der Waals surface area (Å²) in [6.45, 7) is 0. The van der Waals surface area contributed by atoms with Crippen LogP contribution in [0, 0.1) is 11.3 Å². The molecule has 102 valence electrons. The molecular weight excluding hydrogens is 280 g/mol. The van der Waals surface area contributed by atoms with Crippen molar-refractivity contribution in [3.8, 4) is 6.07 Å². The summed E-state index contributed by atoms with van der Waals surface area (Å²) >= 11 is 0. The number of aromatic carboxylic acids is 1. The van der Waals surface area contributed by atoms with Gasteiger partial charge in [0.25, 0.3) is 0 Å². The second-order valence-corrected chi connectivity index (χ2v) is 3.32. The summed E-state index contributed by atoms with van der Waals surface area (Å²) in [6, 6.07) is 1.68. The minimum Gasteiger partial charge on any atom is -0.478 e. The van der Waals surface area contributed by atoms with Gasteiger partial charge in [-0.2, -0.15) is 31.6 Å². The Bertz CT molecular complexity index is 567. The van der Waals surface area contributed by atoms with Crippen molar-refractivity contribution in [3.63, 3.8) is 0 Å². The number of halogens is 6. The predicted molar refractivity (Wildman–Crippen MR) is 48.1 cm³/mol. The number of nitriles is 1. The first-order chi connectivity index (χ1) is 8.50. The molecule has 1 aromatic rings. The van der Waals surface area contributed by atoms with Crippen molar-refractivity contribution in [2.75, 3.05) is 0 Å². The van der Waals surface area contributed by atoms with E-state index >= 15 is 0 Å². The summed E-state index contributed by atoms with van der Waals surface area (Å²) < 4.78 is 75.8. The average Bonchev–Trinajstić information content (AvgIpc) is 2.24. The van der Waals surface area contributed by atoms with Crippen LogP contribution in [-0.2, 0) is 12.4 Å². The highest BCUT2D eigenvalue weighted by molar-refractivity contribution is 5.90. The third-order valence-electron chi connectivity index (χ3n) is 2.12. The fourth-order valence-corrected chi connectivity index (χ4v) is 1.46. The fraction of sp³-hybridized carbons (Fsp3) is 0.200. The zero-order chi connectivity index (χ0) is 15.0. The van der Waals surface area contributed by atoms with Crippen molar-refractivity contribution >= 4 is 5.97 Å². The minimum absolute atomic E-state index is 0.318. The van der Waals surface area contributed by atoms with Crippen LogP contribution in [0.5, 0.6) is 0 Å². The number of alkyl halides is 6. The van der Waals surface area contributed by atoms with Crippen LogP contribution in [0.25, 0.3) is 0 Å². The Balaban J connectivity index is 3.90. The standard InChI is InChI=1S/C10H3F6NO2/c11-9(12,13)6-4(3-17)1-2-5(8(18)19)7(6)10(14,15)16/h1-2H,(H,18,19). The highest BCUT2D eigenvalue weighted by atomic mass is 19.4. The zero-order valence-corrected chi connectivity index (χ0v) is 8.73. The molecule has 0 unspecified atom stereocenters. The molecule has 0 saturated heterocycles. The lowest BCUT2D eigenvalue weighted by Gasteiger charge is -2.18. The molecule has 9 heteroatoms. The van der Waals surface area contributed by atoms with Crippen LogP contribution in [-0.4, -0.2) is 11.1 Å². The van der Waals surface area contributed by atoms with E-state index in [2.05, 4.69) is 0 Å². The average molecular weight is 283 g/mol. The molecule has 0 atom stereocenters. The van der Waals surface area contributed by atoms with E-state index in [1.165, 1.54) is 0 Å². The van der Waals surface area contributed by atoms with E-state index in [9.17, 15) is 31.1 Å². The Morgan fingerprint density at radius 2 is 1.53 bits per heavy atom. The first-order valence-corrected chi connectivity index (χ1v) is 4.45. The molecule has 0 heterocycles. The van der Waals surface area contributed by atoms with E-state index in [1.807, 2.05) is 0 Å². The van der Waals surface area contributed by atoms with Crippen LogP contribution in [0.4, 0.5) is 26.3 Å². The Morgan fingerprint density at radius 1 is 1.05 bits per heavy atom. The van der Waals surface area contributed by atoms with Gasteiger partial charge >= 0.3 is 18.3 Å². The maximum absolute atomic E-state index is 12.6. The summed E-state index contributed by atoms with van der Waals surface area (Å²) in [4.78, 5) is 10.6. The van der Waals surface area contributed by atoms with E-state index in [0.29, 0.717) is 12.1 Å². The number of carbonyl (C=O) groups is 1. The van der Waals surface area contributed by atoms with E-state index in [0.717, 1.165) is 6.07 Å². The lowest BCUT2D eigenvalue weighted by Crippen LogP contribution is -2.22. The number of carboxylic acids is 1. The maximum Gasteiger partial charge on any atom is 0.418 e. The number of benzene rings is 1. The normalized spacial score (nSPS) is 12.1. The molecule has 1 N–H and O–H groups in total. The number of nitrogens with zero attached hydrogens (tertiary/aromatic N) is 1. The van der Waals surface area contributed by atoms with Gasteiger partial charge in [0.15, 0.2) is 0 Å². The summed E-state index contributed by atoms with van der Waals surface area (Å²) in [6.07, 6.45) is -11.0. The van der Waals surface area contributed by atoms with Gasteiger partial charge in [0.2, 0.25) is 0 Å². The van der Waals surface area contributed by atoms with E-state index in [-0.39, 0.29) is 0 Å². The Hall–Kier alpha value is -2.24. The third kappa shape index (κ3) is 2.78. The molecule has 1 aromatic carbocycles. The maximum atomic E-state index is 12.6. The van der Waals surface area contributed by atoms with Gasteiger partial charge in [-0.3, -0.25) is 0 Å². The van der Waals surface area contributed by atoms with Gasteiger partial charge in [-0.05, 0) is 12.1 Å². The predicted octanol–water partition coefficient (Wildman–Crippen LogP) is 3.29. The Morgan fingerprint density at radius 3 is 1.84 bits per heavy atom. The molecule has 1 rings (SSSR count). The van der Waals surface area contributed by atoms with Crippen LogP contribution in [0.15, 0.2) is 12.1 Å². The van der Waals surface area contributed by atoms with Crippen LogP contribution < -0.4 is 0 Å². The summed E-state index contributed by atoms with van der Waals surface area (Å²) in [5.41, 5.74) is -7.50. The van der Waals surface area contributed by atoms with Crippen LogP contribution in [0.2, 0.25) is 0 Å². The SMILES string of the molecule is N#Cc1ccc(C(=O)O)c(C(F)(F)F)c1C(F)(F)F. The summed E-state index contributed by atoms with van der Waals surface area (Å²) in [5.74, 6) is -2.16. The van der Waals surface area contributed by atoms with Crippen molar-refractivity contribution in [1.29, 1.82) is 5.26 Å². The van der Waals surface area contributed by atoms with E-state index in [4.69, 9.17) is 10.4 Å². The van der Waals surface area contributed by atoms with Crippen molar-refractivity contribution in [3.05, 3.63) is 34.4 Å². The summed E-state index contributed by atoms with van der Waals surface area (Å²) in [5, 5.41) is 17.0. The van der Waals surface area contributed by atoms with Gasteiger partial charge in [0.1, 0.15) is 0 Å². The molecule has 0 aliphatic heterocycles. The molecule has 0 aromatic heterocycles. The lowest BCUT2D eigenvalue weighted by atomic mass is 9.95. The molecular formula is C10H3F6NO2. The molecule has 0 spiro atoms. The number of hydrogen-bond acceptors (Lipinski definition) is 2. The van der Waals surface area contributed by atoms with Gasteiger partial charge in [-0.15, -0.1) is 0 Å². The van der Waals surface area contributed by atoms with E-state index < -0.39 is 40.6 Å². The zero-order valence-electron chi connectivity index (χ0n) is 8.73. The molecule has 19 heavy (non-hydrogen) atoms.